The van der Waals surface area contributed by atoms with Crippen molar-refractivity contribution in [2.45, 2.75) is 25.8 Å². The Morgan fingerprint density at radius 3 is 2.71 bits per heavy atom. The number of ether oxygens (including phenoxy) is 1. The van der Waals surface area contributed by atoms with Crippen molar-refractivity contribution in [2.24, 2.45) is 0 Å². The van der Waals surface area contributed by atoms with Crippen molar-refractivity contribution in [2.75, 3.05) is 13.2 Å². The third kappa shape index (κ3) is 3.50. The Kier molecular flexibility index (Phi) is 5.27. The van der Waals surface area contributed by atoms with Gasteiger partial charge >= 0.3 is 0 Å². The van der Waals surface area contributed by atoms with Crippen molar-refractivity contribution in [3.63, 3.8) is 0 Å². The molecule has 1 atom stereocenters. The molecule has 0 unspecified atom stereocenters. The zero-order valence-electron chi connectivity index (χ0n) is 13.3. The molecule has 4 nitrogen and oxygen atoms in total. The molecule has 24 heavy (non-hydrogen) atoms. The van der Waals surface area contributed by atoms with E-state index in [-0.39, 0.29) is 22.8 Å². The van der Waals surface area contributed by atoms with Crippen LogP contribution in [0.15, 0.2) is 36.4 Å². The summed E-state index contributed by atoms with van der Waals surface area (Å²) in [4.78, 5) is 18.8. The molecule has 1 aromatic heterocycles. The molecule has 6 heteroatoms. The molecule has 1 aromatic carbocycles. The van der Waals surface area contributed by atoms with Crippen molar-refractivity contribution in [1.82, 2.24) is 9.88 Å². The lowest BCUT2D eigenvalue weighted by molar-refractivity contribution is 0.0730. The number of amides is 1. The smallest absolute Gasteiger partial charge is 0.274 e. The predicted octanol–water partition coefficient (Wildman–Crippen LogP) is 4.76. The number of pyridine rings is 1. The Hall–Kier alpha value is -1.78. The van der Waals surface area contributed by atoms with Crippen LogP contribution in [-0.4, -0.2) is 28.9 Å². The van der Waals surface area contributed by atoms with Crippen LogP contribution in [0, 0.1) is 0 Å². The van der Waals surface area contributed by atoms with E-state index in [1.165, 1.54) is 0 Å². The first-order valence-corrected chi connectivity index (χ1v) is 8.71. The number of hydrogen-bond acceptors (Lipinski definition) is 3. The van der Waals surface area contributed by atoms with Gasteiger partial charge in [0.25, 0.3) is 5.91 Å². The molecular weight excluding hydrogens is 347 g/mol. The Bertz CT molecular complexity index is 734. The third-order valence-electron chi connectivity index (χ3n) is 4.10. The minimum absolute atomic E-state index is 0.0185. The van der Waals surface area contributed by atoms with Crippen molar-refractivity contribution < 1.29 is 9.53 Å². The maximum Gasteiger partial charge on any atom is 0.274 e. The number of aromatic nitrogens is 1. The molecule has 1 aliphatic heterocycles. The number of rotatable bonds is 4. The fourth-order valence-electron chi connectivity index (χ4n) is 3.01. The second-order valence-corrected chi connectivity index (χ2v) is 6.42. The molecule has 1 fully saturated rings. The summed E-state index contributed by atoms with van der Waals surface area (Å²) < 4.78 is 5.47. The number of halogens is 2. The molecule has 0 aliphatic carbocycles. The van der Waals surface area contributed by atoms with E-state index >= 15 is 0 Å². The average Bonchev–Trinajstić information content (AvgIpc) is 3.07. The highest BCUT2D eigenvalue weighted by Crippen LogP contribution is 2.34. The first-order chi connectivity index (χ1) is 11.6. The second kappa shape index (κ2) is 7.41. The van der Waals surface area contributed by atoms with Crippen molar-refractivity contribution >= 4 is 29.1 Å². The maximum atomic E-state index is 12.9. The van der Waals surface area contributed by atoms with Gasteiger partial charge < -0.3 is 9.64 Å². The summed E-state index contributed by atoms with van der Waals surface area (Å²) in [5, 5.41) is 0.585. The van der Waals surface area contributed by atoms with Gasteiger partial charge in [0.05, 0.1) is 17.7 Å². The molecule has 3 rings (SSSR count). The van der Waals surface area contributed by atoms with Crippen LogP contribution in [0.5, 0.6) is 5.75 Å². The molecule has 2 aromatic rings. The molecule has 1 aliphatic rings. The standard InChI is InChI=1S/C18H18Cl2N2O2/c1-2-24-13-7-5-12(6-8-13)15-4-3-11-22(15)18(23)17-14(19)9-10-16(20)21-17/h5-10,15H,2-4,11H2,1H3/t15-/m0/s1. The maximum absolute atomic E-state index is 12.9. The van der Waals surface area contributed by atoms with E-state index in [9.17, 15) is 4.79 Å². The third-order valence-corrected chi connectivity index (χ3v) is 4.62. The highest BCUT2D eigenvalue weighted by atomic mass is 35.5. The van der Waals surface area contributed by atoms with Crippen molar-refractivity contribution in [3.8, 4) is 5.75 Å². The number of carbonyl (C=O) groups is 1. The first kappa shape index (κ1) is 17.1. The number of nitrogens with zero attached hydrogens (tertiary/aromatic N) is 2. The van der Waals surface area contributed by atoms with Crippen LogP contribution in [0.3, 0.4) is 0 Å². The van der Waals surface area contributed by atoms with Crippen LogP contribution >= 0.6 is 23.2 Å². The Morgan fingerprint density at radius 2 is 2.00 bits per heavy atom. The van der Waals surface area contributed by atoms with Gasteiger partial charge in [0.1, 0.15) is 16.6 Å². The Morgan fingerprint density at radius 1 is 1.25 bits per heavy atom. The average molecular weight is 365 g/mol. The number of likely N-dealkylation sites (tertiary alicyclic amines) is 1. The van der Waals surface area contributed by atoms with Gasteiger partial charge in [-0.05, 0) is 49.6 Å². The van der Waals surface area contributed by atoms with E-state index in [4.69, 9.17) is 27.9 Å². The van der Waals surface area contributed by atoms with Crippen LogP contribution in [0.4, 0.5) is 0 Å². The lowest BCUT2D eigenvalue weighted by Crippen LogP contribution is -2.31. The zero-order chi connectivity index (χ0) is 17.1. The van der Waals surface area contributed by atoms with Crippen LogP contribution in [0.1, 0.15) is 41.9 Å². The quantitative estimate of drug-likeness (QED) is 0.734. The summed E-state index contributed by atoms with van der Waals surface area (Å²) in [6.45, 7) is 3.26. The van der Waals surface area contributed by atoms with Gasteiger partial charge in [-0.1, -0.05) is 35.3 Å². The van der Waals surface area contributed by atoms with Gasteiger partial charge in [-0.15, -0.1) is 0 Å². The van der Waals surface area contributed by atoms with Gasteiger partial charge in [0.2, 0.25) is 0 Å². The van der Waals surface area contributed by atoms with E-state index < -0.39 is 0 Å². The van der Waals surface area contributed by atoms with Gasteiger partial charge in [0, 0.05) is 6.54 Å². The molecule has 0 spiro atoms. The van der Waals surface area contributed by atoms with E-state index in [0.29, 0.717) is 18.2 Å². The molecule has 0 radical (unpaired) electrons. The molecule has 0 saturated carbocycles. The number of carbonyl (C=O) groups excluding carboxylic acids is 1. The zero-order valence-corrected chi connectivity index (χ0v) is 14.8. The molecule has 2 heterocycles. The van der Waals surface area contributed by atoms with Gasteiger partial charge in [-0.25, -0.2) is 4.98 Å². The molecule has 126 valence electrons. The fourth-order valence-corrected chi connectivity index (χ4v) is 3.35. The van der Waals surface area contributed by atoms with Crippen molar-refractivity contribution in [1.29, 1.82) is 0 Å². The number of benzene rings is 1. The largest absolute Gasteiger partial charge is 0.494 e. The monoisotopic (exact) mass is 364 g/mol. The fraction of sp³-hybridized carbons (Fsp3) is 0.333. The Balaban J connectivity index is 1.84. The molecule has 0 N–H and O–H groups in total. The van der Waals surface area contributed by atoms with Crippen LogP contribution in [0.2, 0.25) is 10.2 Å². The van der Waals surface area contributed by atoms with Crippen molar-refractivity contribution in [3.05, 3.63) is 57.8 Å². The highest BCUT2D eigenvalue weighted by molar-refractivity contribution is 6.34. The van der Waals surface area contributed by atoms with Crippen LogP contribution < -0.4 is 4.74 Å². The van der Waals surface area contributed by atoms with E-state index in [1.807, 2.05) is 36.1 Å². The number of hydrogen-bond donors (Lipinski definition) is 0. The first-order valence-electron chi connectivity index (χ1n) is 7.96. The van der Waals surface area contributed by atoms with Crippen LogP contribution in [0.25, 0.3) is 0 Å². The summed E-state index contributed by atoms with van der Waals surface area (Å²) in [7, 11) is 0. The van der Waals surface area contributed by atoms with Gasteiger partial charge in [-0.2, -0.15) is 0 Å². The SMILES string of the molecule is CCOc1ccc([C@@H]2CCCN2C(=O)c2nc(Cl)ccc2Cl)cc1. The molecule has 1 amide bonds. The van der Waals surface area contributed by atoms with E-state index in [2.05, 4.69) is 4.98 Å². The summed E-state index contributed by atoms with van der Waals surface area (Å²) in [6.07, 6.45) is 1.86. The molecule has 1 saturated heterocycles. The molecular formula is C18H18Cl2N2O2. The highest BCUT2D eigenvalue weighted by Gasteiger charge is 2.32. The van der Waals surface area contributed by atoms with E-state index in [1.54, 1.807) is 12.1 Å². The minimum atomic E-state index is -0.182. The Labute approximate surface area is 151 Å². The topological polar surface area (TPSA) is 42.4 Å². The van der Waals surface area contributed by atoms with E-state index in [0.717, 1.165) is 24.2 Å². The molecule has 0 bridgehead atoms. The summed E-state index contributed by atoms with van der Waals surface area (Å²) in [6, 6.07) is 11.1. The minimum Gasteiger partial charge on any atom is -0.494 e. The second-order valence-electron chi connectivity index (χ2n) is 5.62. The summed E-state index contributed by atoms with van der Waals surface area (Å²) in [5.74, 6) is 0.649. The predicted molar refractivity (Wildman–Crippen MR) is 94.9 cm³/mol. The normalized spacial score (nSPS) is 17.1. The summed E-state index contributed by atoms with van der Waals surface area (Å²) in [5.41, 5.74) is 1.30. The van der Waals surface area contributed by atoms with Gasteiger partial charge in [-0.3, -0.25) is 4.79 Å². The van der Waals surface area contributed by atoms with Gasteiger partial charge in [0.15, 0.2) is 0 Å². The summed E-state index contributed by atoms with van der Waals surface area (Å²) >= 11 is 12.0. The lowest BCUT2D eigenvalue weighted by atomic mass is 10.0. The lowest BCUT2D eigenvalue weighted by Gasteiger charge is -2.25. The van der Waals surface area contributed by atoms with Crippen LogP contribution in [-0.2, 0) is 0 Å².